The quantitative estimate of drug-likeness (QED) is 0.476. The lowest BCUT2D eigenvalue weighted by molar-refractivity contribution is -0.215. The Morgan fingerprint density at radius 2 is 2.25 bits per heavy atom. The predicted molar refractivity (Wildman–Crippen MR) is 27.4 cm³/mol. The lowest BCUT2D eigenvalue weighted by Gasteiger charge is -2.23. The molecular formula is C5H10O3. The second kappa shape index (κ2) is 2.44. The van der Waals surface area contributed by atoms with Gasteiger partial charge in [-0.1, -0.05) is 0 Å². The molecule has 0 spiro atoms. The molecule has 1 heterocycles. The van der Waals surface area contributed by atoms with E-state index < -0.39 is 6.29 Å². The van der Waals surface area contributed by atoms with Gasteiger partial charge < -0.3 is 14.6 Å². The molecule has 0 amide bonds. The predicted octanol–water partition coefficient (Wildman–Crippen LogP) is -0.260. The highest BCUT2D eigenvalue weighted by Gasteiger charge is 2.15. The molecule has 8 heavy (non-hydrogen) atoms. The summed E-state index contributed by atoms with van der Waals surface area (Å²) in [6.45, 7) is 2.77. The zero-order valence-corrected chi connectivity index (χ0v) is 4.83. The maximum atomic E-state index is 8.73. The molecule has 0 bridgehead atoms. The van der Waals surface area contributed by atoms with Crippen molar-refractivity contribution in [3.63, 3.8) is 0 Å². The van der Waals surface area contributed by atoms with Crippen molar-refractivity contribution < 1.29 is 14.6 Å². The maximum absolute atomic E-state index is 8.73. The standard InChI is InChI=1S/C5H10O3/c1-4-2-7-3-5(6)8-4/h4-6H,2-3H2,1H3/t4-,5?/m1/s1. The first-order valence-corrected chi connectivity index (χ1v) is 2.70. The van der Waals surface area contributed by atoms with Crippen molar-refractivity contribution in [2.24, 2.45) is 0 Å². The van der Waals surface area contributed by atoms with Crippen LogP contribution in [0.5, 0.6) is 0 Å². The highest BCUT2D eigenvalue weighted by molar-refractivity contribution is 4.54. The van der Waals surface area contributed by atoms with Gasteiger partial charge in [-0.3, -0.25) is 0 Å². The summed E-state index contributed by atoms with van der Waals surface area (Å²) in [4.78, 5) is 0. The summed E-state index contributed by atoms with van der Waals surface area (Å²) < 4.78 is 9.84. The largest absolute Gasteiger partial charge is 0.374 e. The van der Waals surface area contributed by atoms with Crippen molar-refractivity contribution in [3.8, 4) is 0 Å². The number of hydrogen-bond acceptors (Lipinski definition) is 3. The van der Waals surface area contributed by atoms with Gasteiger partial charge in [-0.05, 0) is 6.92 Å². The van der Waals surface area contributed by atoms with Crippen LogP contribution in [0.25, 0.3) is 0 Å². The van der Waals surface area contributed by atoms with Crippen LogP contribution in [0.2, 0.25) is 0 Å². The fraction of sp³-hybridized carbons (Fsp3) is 1.00. The normalized spacial score (nSPS) is 39.8. The third kappa shape index (κ3) is 1.43. The molecule has 1 N–H and O–H groups in total. The molecule has 0 saturated carbocycles. The SMILES string of the molecule is C[C@@H]1COCC(O)O1. The van der Waals surface area contributed by atoms with E-state index in [9.17, 15) is 0 Å². The molecule has 1 aliphatic heterocycles. The third-order valence-corrected chi connectivity index (χ3v) is 1.00. The Morgan fingerprint density at radius 1 is 1.50 bits per heavy atom. The second-order valence-corrected chi connectivity index (χ2v) is 1.94. The average molecular weight is 118 g/mol. The Labute approximate surface area is 48.2 Å². The Hall–Kier alpha value is -0.120. The van der Waals surface area contributed by atoms with E-state index in [1.54, 1.807) is 0 Å². The average Bonchev–Trinajstić information content (AvgIpc) is 1.64. The van der Waals surface area contributed by atoms with Crippen molar-refractivity contribution in [3.05, 3.63) is 0 Å². The molecule has 48 valence electrons. The van der Waals surface area contributed by atoms with E-state index in [-0.39, 0.29) is 6.10 Å². The van der Waals surface area contributed by atoms with Crippen molar-refractivity contribution in [1.82, 2.24) is 0 Å². The van der Waals surface area contributed by atoms with Crippen LogP contribution in [0.3, 0.4) is 0 Å². The number of ether oxygens (including phenoxy) is 2. The Bertz CT molecular complexity index is 66.1. The van der Waals surface area contributed by atoms with Crippen molar-refractivity contribution in [2.45, 2.75) is 19.3 Å². The third-order valence-electron chi connectivity index (χ3n) is 1.00. The van der Waals surface area contributed by atoms with Crippen LogP contribution in [0.1, 0.15) is 6.92 Å². The Balaban J connectivity index is 2.23. The van der Waals surface area contributed by atoms with E-state index in [2.05, 4.69) is 0 Å². The van der Waals surface area contributed by atoms with Gasteiger partial charge in [-0.25, -0.2) is 0 Å². The van der Waals surface area contributed by atoms with Gasteiger partial charge in [0, 0.05) is 0 Å². The summed E-state index contributed by atoms with van der Waals surface area (Å²) >= 11 is 0. The molecule has 1 aliphatic rings. The lowest BCUT2D eigenvalue weighted by Crippen LogP contribution is -2.33. The van der Waals surface area contributed by atoms with E-state index in [0.29, 0.717) is 13.2 Å². The minimum absolute atomic E-state index is 0.0405. The summed E-state index contributed by atoms with van der Waals surface area (Å²) in [5.74, 6) is 0. The van der Waals surface area contributed by atoms with Crippen LogP contribution in [0, 0.1) is 0 Å². The summed E-state index contributed by atoms with van der Waals surface area (Å²) in [6, 6.07) is 0. The van der Waals surface area contributed by atoms with Crippen LogP contribution in [-0.4, -0.2) is 30.7 Å². The van der Waals surface area contributed by atoms with E-state index in [1.165, 1.54) is 0 Å². The van der Waals surface area contributed by atoms with Crippen LogP contribution in [0.15, 0.2) is 0 Å². The number of rotatable bonds is 0. The van der Waals surface area contributed by atoms with Crippen LogP contribution in [0.4, 0.5) is 0 Å². The Kier molecular flexibility index (Phi) is 1.83. The first-order valence-electron chi connectivity index (χ1n) is 2.70. The second-order valence-electron chi connectivity index (χ2n) is 1.94. The topological polar surface area (TPSA) is 38.7 Å². The van der Waals surface area contributed by atoms with Crippen LogP contribution >= 0.6 is 0 Å². The first kappa shape index (κ1) is 6.01. The van der Waals surface area contributed by atoms with Gasteiger partial charge in [0.2, 0.25) is 0 Å². The Morgan fingerprint density at radius 3 is 2.62 bits per heavy atom. The molecule has 0 aliphatic carbocycles. The van der Waals surface area contributed by atoms with Gasteiger partial charge in [0.15, 0.2) is 6.29 Å². The van der Waals surface area contributed by atoms with E-state index >= 15 is 0 Å². The molecule has 1 unspecified atom stereocenters. The molecule has 0 radical (unpaired) electrons. The van der Waals surface area contributed by atoms with E-state index in [1.807, 2.05) is 6.92 Å². The molecule has 0 aromatic carbocycles. The van der Waals surface area contributed by atoms with Gasteiger partial charge in [0.25, 0.3) is 0 Å². The van der Waals surface area contributed by atoms with Gasteiger partial charge >= 0.3 is 0 Å². The molecular weight excluding hydrogens is 108 g/mol. The highest BCUT2D eigenvalue weighted by atomic mass is 16.7. The summed E-state index contributed by atoms with van der Waals surface area (Å²) in [5.41, 5.74) is 0. The fourth-order valence-electron chi connectivity index (χ4n) is 0.682. The van der Waals surface area contributed by atoms with Crippen LogP contribution in [-0.2, 0) is 9.47 Å². The zero-order chi connectivity index (χ0) is 5.98. The molecule has 3 heteroatoms. The van der Waals surface area contributed by atoms with Gasteiger partial charge in [0.1, 0.15) is 0 Å². The number of hydrogen-bond donors (Lipinski definition) is 1. The monoisotopic (exact) mass is 118 g/mol. The molecule has 1 saturated heterocycles. The van der Waals surface area contributed by atoms with Crippen molar-refractivity contribution in [2.75, 3.05) is 13.2 Å². The molecule has 0 aromatic heterocycles. The van der Waals surface area contributed by atoms with Crippen LogP contribution < -0.4 is 0 Å². The summed E-state index contributed by atoms with van der Waals surface area (Å²) in [5, 5.41) is 8.73. The number of aliphatic hydroxyl groups excluding tert-OH is 1. The number of aliphatic hydroxyl groups is 1. The van der Waals surface area contributed by atoms with E-state index in [4.69, 9.17) is 14.6 Å². The van der Waals surface area contributed by atoms with E-state index in [0.717, 1.165) is 0 Å². The van der Waals surface area contributed by atoms with Gasteiger partial charge in [-0.15, -0.1) is 0 Å². The fourth-order valence-corrected chi connectivity index (χ4v) is 0.682. The molecule has 1 fully saturated rings. The summed E-state index contributed by atoms with van der Waals surface area (Å²) in [6.07, 6.45) is -0.669. The maximum Gasteiger partial charge on any atom is 0.178 e. The zero-order valence-electron chi connectivity index (χ0n) is 4.83. The van der Waals surface area contributed by atoms with Gasteiger partial charge in [-0.2, -0.15) is 0 Å². The van der Waals surface area contributed by atoms with Crippen molar-refractivity contribution in [1.29, 1.82) is 0 Å². The first-order chi connectivity index (χ1) is 3.79. The molecule has 1 rings (SSSR count). The molecule has 3 nitrogen and oxygen atoms in total. The molecule has 2 atom stereocenters. The van der Waals surface area contributed by atoms with Gasteiger partial charge in [0.05, 0.1) is 19.3 Å². The minimum Gasteiger partial charge on any atom is -0.374 e. The smallest absolute Gasteiger partial charge is 0.178 e. The highest BCUT2D eigenvalue weighted by Crippen LogP contribution is 2.03. The lowest BCUT2D eigenvalue weighted by atomic mass is 10.4. The summed E-state index contributed by atoms with van der Waals surface area (Å²) in [7, 11) is 0. The van der Waals surface area contributed by atoms with Crippen molar-refractivity contribution >= 4 is 0 Å². The minimum atomic E-state index is -0.709. The molecule has 0 aromatic rings.